The second kappa shape index (κ2) is 11.1. The highest BCUT2D eigenvalue weighted by Gasteiger charge is 2.50. The fourth-order valence-corrected chi connectivity index (χ4v) is 4.82. The summed E-state index contributed by atoms with van der Waals surface area (Å²) in [6, 6.07) is 10.0. The van der Waals surface area contributed by atoms with E-state index in [-0.39, 0.29) is 42.5 Å². The second-order valence-corrected chi connectivity index (χ2v) is 8.95. The van der Waals surface area contributed by atoms with Crippen LogP contribution >= 0.6 is 0 Å². The number of rotatable bonds is 9. The minimum atomic E-state index is -0.543. The van der Waals surface area contributed by atoms with Crippen molar-refractivity contribution in [3.63, 3.8) is 0 Å². The van der Waals surface area contributed by atoms with Gasteiger partial charge in [-0.05, 0) is 48.6 Å². The molecule has 4 rings (SSSR count). The zero-order valence-corrected chi connectivity index (χ0v) is 19.7. The van der Waals surface area contributed by atoms with E-state index in [0.717, 1.165) is 11.1 Å². The summed E-state index contributed by atoms with van der Waals surface area (Å²) in [5.74, 6) is -0.404. The van der Waals surface area contributed by atoms with E-state index < -0.39 is 6.04 Å². The van der Waals surface area contributed by atoms with Gasteiger partial charge in [-0.1, -0.05) is 30.9 Å². The van der Waals surface area contributed by atoms with Crippen LogP contribution in [-0.2, 0) is 20.8 Å². The summed E-state index contributed by atoms with van der Waals surface area (Å²) in [6.45, 7) is 4.70. The highest BCUT2D eigenvalue weighted by atomic mass is 16.2. The van der Waals surface area contributed by atoms with Crippen molar-refractivity contribution in [2.75, 3.05) is 19.6 Å². The quantitative estimate of drug-likeness (QED) is 0.562. The summed E-state index contributed by atoms with van der Waals surface area (Å²) < 4.78 is 0. The van der Waals surface area contributed by atoms with Crippen molar-refractivity contribution >= 4 is 29.6 Å². The maximum atomic E-state index is 12.8. The van der Waals surface area contributed by atoms with Gasteiger partial charge in [0, 0.05) is 37.5 Å². The highest BCUT2D eigenvalue weighted by molar-refractivity contribution is 5.98. The lowest BCUT2D eigenvalue weighted by atomic mass is 10.1. The molecule has 8 heteroatoms. The standard InChI is InChI=1S/C27H30N4O4/c1-2-19-8-10-21(11-9-19)27(35)29-14-4-3-7-24(33)30-15-12-22-26(30)23(32)18-31(22)25(34)16-20-6-5-13-28-17-20/h2,5-6,8-11,13,17,22,26H,1,3-4,7,12,14-16,18H2,(H,29,35). The van der Waals surface area contributed by atoms with Gasteiger partial charge in [0.1, 0.15) is 6.04 Å². The van der Waals surface area contributed by atoms with E-state index in [1.807, 2.05) is 18.2 Å². The second-order valence-electron chi connectivity index (χ2n) is 8.95. The topological polar surface area (TPSA) is 99.7 Å². The van der Waals surface area contributed by atoms with E-state index in [1.165, 1.54) is 0 Å². The Kier molecular flexibility index (Phi) is 7.70. The highest BCUT2D eigenvalue weighted by Crippen LogP contribution is 2.30. The number of nitrogens with one attached hydrogen (secondary N) is 1. The van der Waals surface area contributed by atoms with Crippen molar-refractivity contribution in [2.24, 2.45) is 0 Å². The first-order valence-corrected chi connectivity index (χ1v) is 12.0. The maximum absolute atomic E-state index is 12.8. The molecule has 2 aliphatic heterocycles. The number of likely N-dealkylation sites (tertiary alicyclic amines) is 2. The molecule has 0 saturated carbocycles. The van der Waals surface area contributed by atoms with Crippen molar-refractivity contribution in [2.45, 2.75) is 44.2 Å². The van der Waals surface area contributed by atoms with Crippen LogP contribution in [0.5, 0.6) is 0 Å². The molecular formula is C27H30N4O4. The minimum Gasteiger partial charge on any atom is -0.352 e. The number of unbranched alkanes of at least 4 members (excludes halogenated alkanes) is 1. The van der Waals surface area contributed by atoms with E-state index in [4.69, 9.17) is 0 Å². The molecule has 3 amide bonds. The van der Waals surface area contributed by atoms with E-state index in [2.05, 4.69) is 16.9 Å². The average molecular weight is 475 g/mol. The first-order chi connectivity index (χ1) is 17.0. The molecule has 0 radical (unpaired) electrons. The zero-order chi connectivity index (χ0) is 24.8. The van der Waals surface area contributed by atoms with Crippen LogP contribution in [0.2, 0.25) is 0 Å². The van der Waals surface area contributed by atoms with Crippen LogP contribution in [0.15, 0.2) is 55.4 Å². The number of carbonyl (C=O) groups is 4. The number of aromatic nitrogens is 1. The van der Waals surface area contributed by atoms with Gasteiger partial charge in [-0.25, -0.2) is 0 Å². The van der Waals surface area contributed by atoms with Gasteiger partial charge in [-0.2, -0.15) is 0 Å². The van der Waals surface area contributed by atoms with E-state index >= 15 is 0 Å². The molecule has 182 valence electrons. The lowest BCUT2D eigenvalue weighted by molar-refractivity contribution is -0.136. The van der Waals surface area contributed by atoms with Crippen molar-refractivity contribution in [3.8, 4) is 0 Å². The fraction of sp³-hybridized carbons (Fsp3) is 0.370. The molecule has 2 aliphatic rings. The average Bonchev–Trinajstić information content (AvgIpc) is 3.45. The molecule has 2 atom stereocenters. The monoisotopic (exact) mass is 474 g/mol. The summed E-state index contributed by atoms with van der Waals surface area (Å²) in [5.41, 5.74) is 2.34. The summed E-state index contributed by atoms with van der Waals surface area (Å²) >= 11 is 0. The maximum Gasteiger partial charge on any atom is 0.251 e. The zero-order valence-electron chi connectivity index (χ0n) is 19.7. The van der Waals surface area contributed by atoms with Crippen LogP contribution in [-0.4, -0.2) is 70.0 Å². The Balaban J connectivity index is 1.21. The molecule has 1 aromatic carbocycles. The number of Topliss-reactive ketones (excluding diaryl/α,β-unsaturated/α-hetero) is 1. The first-order valence-electron chi connectivity index (χ1n) is 12.0. The Hall–Kier alpha value is -3.81. The van der Waals surface area contributed by atoms with Crippen LogP contribution in [0.4, 0.5) is 0 Å². The number of hydrogen-bond acceptors (Lipinski definition) is 5. The number of benzene rings is 1. The normalized spacial score (nSPS) is 18.9. The lowest BCUT2D eigenvalue weighted by Gasteiger charge is -2.24. The minimum absolute atomic E-state index is 0.0536. The van der Waals surface area contributed by atoms with Crippen molar-refractivity contribution in [3.05, 3.63) is 72.1 Å². The molecule has 1 aromatic heterocycles. The molecule has 2 fully saturated rings. The molecule has 2 saturated heterocycles. The number of carbonyl (C=O) groups excluding carboxylic acids is 4. The smallest absolute Gasteiger partial charge is 0.251 e. The van der Waals surface area contributed by atoms with Crippen molar-refractivity contribution < 1.29 is 19.2 Å². The Morgan fingerprint density at radius 2 is 1.89 bits per heavy atom. The SMILES string of the molecule is C=Cc1ccc(C(=O)NCCCCC(=O)N2CCC3C2C(=O)CN3C(=O)Cc2cccnc2)cc1. The molecule has 8 nitrogen and oxygen atoms in total. The number of hydrogen-bond donors (Lipinski definition) is 1. The van der Waals surface area contributed by atoms with Gasteiger partial charge in [-0.3, -0.25) is 24.2 Å². The number of pyridine rings is 1. The van der Waals surface area contributed by atoms with Crippen LogP contribution in [0, 0.1) is 0 Å². The van der Waals surface area contributed by atoms with Crippen LogP contribution < -0.4 is 5.32 Å². The molecular weight excluding hydrogens is 444 g/mol. The molecule has 3 heterocycles. The Bertz CT molecular complexity index is 1100. The Morgan fingerprint density at radius 3 is 2.60 bits per heavy atom. The third kappa shape index (κ3) is 5.65. The largest absolute Gasteiger partial charge is 0.352 e. The summed E-state index contributed by atoms with van der Waals surface area (Å²) in [5, 5.41) is 2.87. The predicted molar refractivity (Wildman–Crippen MR) is 131 cm³/mol. The Morgan fingerprint density at radius 1 is 1.09 bits per heavy atom. The molecule has 0 spiro atoms. The van der Waals surface area contributed by atoms with Gasteiger partial charge < -0.3 is 15.1 Å². The fourth-order valence-electron chi connectivity index (χ4n) is 4.82. The van der Waals surface area contributed by atoms with Gasteiger partial charge in [0.25, 0.3) is 5.91 Å². The summed E-state index contributed by atoms with van der Waals surface area (Å²) in [7, 11) is 0. The number of fused-ring (bicyclic) bond motifs is 1. The van der Waals surface area contributed by atoms with Gasteiger partial charge in [-0.15, -0.1) is 0 Å². The van der Waals surface area contributed by atoms with E-state index in [9.17, 15) is 19.2 Å². The first kappa shape index (κ1) is 24.3. The van der Waals surface area contributed by atoms with Crippen molar-refractivity contribution in [1.29, 1.82) is 0 Å². The predicted octanol–water partition coefficient (Wildman–Crippen LogP) is 2.25. The van der Waals surface area contributed by atoms with Gasteiger partial charge >= 0.3 is 0 Å². The van der Waals surface area contributed by atoms with E-state index in [1.54, 1.807) is 46.5 Å². The molecule has 0 bridgehead atoms. The molecule has 35 heavy (non-hydrogen) atoms. The van der Waals surface area contributed by atoms with Crippen LogP contribution in [0.1, 0.15) is 47.2 Å². The number of ketones is 1. The molecule has 1 N–H and O–H groups in total. The van der Waals surface area contributed by atoms with Crippen LogP contribution in [0.3, 0.4) is 0 Å². The molecule has 0 aliphatic carbocycles. The van der Waals surface area contributed by atoms with Gasteiger partial charge in [0.15, 0.2) is 5.78 Å². The van der Waals surface area contributed by atoms with E-state index in [0.29, 0.717) is 44.3 Å². The number of nitrogens with zero attached hydrogens (tertiary/aromatic N) is 3. The number of amides is 3. The third-order valence-electron chi connectivity index (χ3n) is 6.65. The molecule has 2 unspecified atom stereocenters. The van der Waals surface area contributed by atoms with Gasteiger partial charge in [0.2, 0.25) is 11.8 Å². The van der Waals surface area contributed by atoms with Crippen LogP contribution in [0.25, 0.3) is 6.08 Å². The lowest BCUT2D eigenvalue weighted by Crippen LogP contribution is -2.43. The summed E-state index contributed by atoms with van der Waals surface area (Å²) in [6.07, 6.45) is 7.42. The van der Waals surface area contributed by atoms with Crippen molar-refractivity contribution in [1.82, 2.24) is 20.1 Å². The van der Waals surface area contributed by atoms with Gasteiger partial charge in [0.05, 0.1) is 19.0 Å². The summed E-state index contributed by atoms with van der Waals surface area (Å²) in [4.78, 5) is 57.9. The third-order valence-corrected chi connectivity index (χ3v) is 6.65. The molecule has 2 aromatic rings. The Labute approximate surface area is 205 Å².